The van der Waals surface area contributed by atoms with Gasteiger partial charge in [-0.25, -0.2) is 9.97 Å². The number of hydrogen-bond acceptors (Lipinski definition) is 8. The van der Waals surface area contributed by atoms with Crippen LogP contribution in [0.4, 0.5) is 24.5 Å². The molecule has 3 aliphatic rings. The third kappa shape index (κ3) is 5.09. The Morgan fingerprint density at radius 3 is 2.57 bits per heavy atom. The van der Waals surface area contributed by atoms with Crippen LogP contribution in [0.2, 0.25) is 0 Å². The monoisotopic (exact) mass is 506 g/mol. The minimum absolute atomic E-state index is 0.176. The highest BCUT2D eigenvalue weighted by molar-refractivity contribution is 8.04. The predicted molar refractivity (Wildman–Crippen MR) is 127 cm³/mol. The minimum Gasteiger partial charge on any atom is -0.379 e. The van der Waals surface area contributed by atoms with Crippen molar-refractivity contribution in [2.75, 3.05) is 49.6 Å². The molecule has 1 aromatic carbocycles. The molecule has 0 bridgehead atoms. The summed E-state index contributed by atoms with van der Waals surface area (Å²) in [4.78, 5) is 25.3. The highest BCUT2D eigenvalue weighted by Gasteiger charge is 2.34. The summed E-state index contributed by atoms with van der Waals surface area (Å²) in [6.45, 7) is 5.43. The van der Waals surface area contributed by atoms with Crippen molar-refractivity contribution in [1.29, 1.82) is 0 Å². The van der Waals surface area contributed by atoms with Crippen molar-refractivity contribution in [3.63, 3.8) is 0 Å². The summed E-state index contributed by atoms with van der Waals surface area (Å²) in [7, 11) is 0. The van der Waals surface area contributed by atoms with E-state index in [2.05, 4.69) is 25.1 Å². The maximum absolute atomic E-state index is 13.1. The lowest BCUT2D eigenvalue weighted by atomic mass is 10.0. The van der Waals surface area contributed by atoms with Crippen LogP contribution < -0.4 is 16.0 Å². The molecule has 0 spiro atoms. The molecule has 4 heterocycles. The topological polar surface area (TPSA) is 96.6 Å². The van der Waals surface area contributed by atoms with Gasteiger partial charge in [-0.1, -0.05) is 11.8 Å². The molecule has 0 atom stereocenters. The largest absolute Gasteiger partial charge is 0.433 e. The summed E-state index contributed by atoms with van der Waals surface area (Å²) in [5.74, 6) is -1.27. The molecule has 8 nitrogen and oxygen atoms in total. The van der Waals surface area contributed by atoms with Gasteiger partial charge >= 0.3 is 6.18 Å². The van der Waals surface area contributed by atoms with E-state index >= 15 is 0 Å². The number of morpholine rings is 1. The minimum atomic E-state index is -4.66. The van der Waals surface area contributed by atoms with E-state index < -0.39 is 17.8 Å². The molecule has 1 amide bonds. The van der Waals surface area contributed by atoms with Gasteiger partial charge in [-0.3, -0.25) is 9.69 Å². The molecule has 2 aromatic rings. The van der Waals surface area contributed by atoms with Gasteiger partial charge in [0.15, 0.2) is 5.82 Å². The molecule has 1 aromatic heterocycles. The SMILES string of the molecule is NC(=O)/C(=C1\Nc2ccc(N3CCC(N4CCOCC4)CC3)cc2S1)c1nccc(C(F)(F)F)n1. The number of nitrogens with zero attached hydrogens (tertiary/aromatic N) is 4. The number of fused-ring (bicyclic) bond motifs is 1. The average molecular weight is 507 g/mol. The number of primary amides is 1. The van der Waals surface area contributed by atoms with E-state index in [-0.39, 0.29) is 11.4 Å². The summed E-state index contributed by atoms with van der Waals surface area (Å²) in [6, 6.07) is 7.27. The lowest BCUT2D eigenvalue weighted by Gasteiger charge is -2.40. The summed E-state index contributed by atoms with van der Waals surface area (Å²) < 4.78 is 44.8. The number of carbonyl (C=O) groups excluding carboxylic acids is 1. The third-order valence-electron chi connectivity index (χ3n) is 6.46. The fraction of sp³-hybridized carbons (Fsp3) is 0.435. The molecule has 5 rings (SSSR count). The number of ether oxygens (including phenoxy) is 1. The Morgan fingerprint density at radius 1 is 1.14 bits per heavy atom. The molecule has 2 saturated heterocycles. The zero-order chi connectivity index (χ0) is 24.6. The molecule has 0 unspecified atom stereocenters. The van der Waals surface area contributed by atoms with Crippen LogP contribution in [-0.4, -0.2) is 66.2 Å². The first-order valence-corrected chi connectivity index (χ1v) is 12.2. The van der Waals surface area contributed by atoms with E-state index in [1.54, 1.807) is 0 Å². The van der Waals surface area contributed by atoms with Crippen molar-refractivity contribution in [2.45, 2.75) is 30.0 Å². The number of benzene rings is 1. The first kappa shape index (κ1) is 23.9. The van der Waals surface area contributed by atoms with Gasteiger partial charge in [0.1, 0.15) is 11.3 Å². The molecule has 0 aliphatic carbocycles. The smallest absolute Gasteiger partial charge is 0.379 e. The van der Waals surface area contributed by atoms with Crippen LogP contribution in [0.3, 0.4) is 0 Å². The zero-order valence-corrected chi connectivity index (χ0v) is 19.7. The van der Waals surface area contributed by atoms with E-state index in [1.165, 1.54) is 11.8 Å². The molecule has 35 heavy (non-hydrogen) atoms. The Morgan fingerprint density at radius 2 is 1.89 bits per heavy atom. The van der Waals surface area contributed by atoms with Gasteiger partial charge in [-0.15, -0.1) is 0 Å². The van der Waals surface area contributed by atoms with Crippen LogP contribution in [0.1, 0.15) is 24.4 Å². The second-order valence-corrected chi connectivity index (χ2v) is 9.66. The number of nitrogens with one attached hydrogen (secondary N) is 1. The molecule has 0 radical (unpaired) electrons. The molecule has 3 N–H and O–H groups in total. The number of amides is 1. The number of halogens is 3. The Kier molecular flexibility index (Phi) is 6.60. The van der Waals surface area contributed by atoms with Crippen molar-refractivity contribution < 1.29 is 22.7 Å². The zero-order valence-electron chi connectivity index (χ0n) is 18.8. The van der Waals surface area contributed by atoms with Gasteiger partial charge < -0.3 is 20.7 Å². The van der Waals surface area contributed by atoms with Gasteiger partial charge in [-0.2, -0.15) is 13.2 Å². The first-order chi connectivity index (χ1) is 16.8. The maximum Gasteiger partial charge on any atom is 0.433 e. The lowest BCUT2D eigenvalue weighted by molar-refractivity contribution is -0.141. The Hall–Kier alpha value is -2.83. The van der Waals surface area contributed by atoms with Crippen molar-refractivity contribution in [2.24, 2.45) is 5.73 Å². The van der Waals surface area contributed by atoms with E-state index in [9.17, 15) is 18.0 Å². The number of carbonyl (C=O) groups is 1. The summed E-state index contributed by atoms with van der Waals surface area (Å²) >= 11 is 1.24. The summed E-state index contributed by atoms with van der Waals surface area (Å²) in [5.41, 5.74) is 6.04. The molecule has 3 aliphatic heterocycles. The van der Waals surface area contributed by atoms with Gasteiger partial charge in [0.05, 0.1) is 23.9 Å². The lowest BCUT2D eigenvalue weighted by Crippen LogP contribution is -2.49. The highest BCUT2D eigenvalue weighted by Crippen LogP contribution is 2.45. The third-order valence-corrected chi connectivity index (χ3v) is 7.53. The Labute approximate surface area is 204 Å². The van der Waals surface area contributed by atoms with Crippen LogP contribution in [0.25, 0.3) is 5.57 Å². The fourth-order valence-corrected chi connectivity index (χ4v) is 5.74. The number of rotatable bonds is 4. The van der Waals surface area contributed by atoms with Gasteiger partial charge in [0.25, 0.3) is 5.91 Å². The van der Waals surface area contributed by atoms with Crippen molar-refractivity contribution in [3.8, 4) is 0 Å². The number of anilines is 2. The van der Waals surface area contributed by atoms with Crippen LogP contribution in [0, 0.1) is 0 Å². The predicted octanol–water partition coefficient (Wildman–Crippen LogP) is 3.17. The van der Waals surface area contributed by atoms with Crippen LogP contribution in [0.15, 0.2) is 40.4 Å². The standard InChI is InChI=1S/C23H25F3N6O2S/c24-23(25,26)18-3-6-28-21(30-18)19(20(27)33)22-29-16-2-1-15(13-17(16)35-22)31-7-4-14(5-8-31)32-9-11-34-12-10-32/h1-3,6,13-14,29H,4-5,7-12H2,(H2,27,33)/b22-19-. The van der Waals surface area contributed by atoms with E-state index in [1.807, 2.05) is 18.2 Å². The van der Waals surface area contributed by atoms with E-state index in [0.717, 1.165) is 80.8 Å². The number of nitrogens with two attached hydrogens (primary N) is 1. The number of hydrogen-bond donors (Lipinski definition) is 2. The Bertz CT molecular complexity index is 1140. The summed E-state index contributed by atoms with van der Waals surface area (Å²) in [6.07, 6.45) is -1.53. The van der Waals surface area contributed by atoms with Crippen molar-refractivity contribution >= 4 is 34.6 Å². The quantitative estimate of drug-likeness (QED) is 0.611. The molecule has 12 heteroatoms. The number of alkyl halides is 3. The second kappa shape index (κ2) is 9.67. The van der Waals surface area contributed by atoms with E-state index in [4.69, 9.17) is 10.5 Å². The maximum atomic E-state index is 13.1. The van der Waals surface area contributed by atoms with Crippen molar-refractivity contribution in [3.05, 3.63) is 47.0 Å². The van der Waals surface area contributed by atoms with Gasteiger partial charge in [-0.05, 0) is 37.1 Å². The molecule has 2 fully saturated rings. The number of piperidine rings is 1. The molecular weight excluding hydrogens is 481 g/mol. The molecule has 186 valence electrons. The number of thioether (sulfide) groups is 1. The van der Waals surface area contributed by atoms with Gasteiger partial charge in [0.2, 0.25) is 0 Å². The normalized spacial score (nSPS) is 20.9. The fourth-order valence-electron chi connectivity index (χ4n) is 4.66. The molecule has 0 saturated carbocycles. The highest BCUT2D eigenvalue weighted by atomic mass is 32.2. The number of aromatic nitrogens is 2. The first-order valence-electron chi connectivity index (χ1n) is 11.4. The van der Waals surface area contributed by atoms with E-state index in [0.29, 0.717) is 11.1 Å². The second-order valence-electron chi connectivity index (χ2n) is 8.61. The van der Waals surface area contributed by atoms with Gasteiger partial charge in [0, 0.05) is 49.0 Å². The summed E-state index contributed by atoms with van der Waals surface area (Å²) in [5, 5.41) is 3.41. The van der Waals surface area contributed by atoms with Crippen molar-refractivity contribution in [1.82, 2.24) is 14.9 Å². The van der Waals surface area contributed by atoms with Crippen LogP contribution >= 0.6 is 11.8 Å². The van der Waals surface area contributed by atoms with Crippen LogP contribution in [-0.2, 0) is 15.7 Å². The van der Waals surface area contributed by atoms with Crippen LogP contribution in [0.5, 0.6) is 0 Å². The Balaban J connectivity index is 1.33. The average Bonchev–Trinajstić information content (AvgIpc) is 3.27. The molecular formula is C23H25F3N6O2S.